The summed E-state index contributed by atoms with van der Waals surface area (Å²) >= 11 is 0. The van der Waals surface area contributed by atoms with Gasteiger partial charge >= 0.3 is 5.97 Å². The van der Waals surface area contributed by atoms with E-state index in [1.54, 1.807) is 37.3 Å². The average molecular weight is 320 g/mol. The smallest absolute Gasteiger partial charge is 0.338 e. The van der Waals surface area contributed by atoms with Crippen molar-refractivity contribution in [2.75, 3.05) is 6.61 Å². The van der Waals surface area contributed by atoms with Crippen LogP contribution in [0.4, 0.5) is 0 Å². The van der Waals surface area contributed by atoms with Crippen LogP contribution in [0.25, 0.3) is 0 Å². The normalized spacial score (nSPS) is 32.9. The van der Waals surface area contributed by atoms with Gasteiger partial charge in [0, 0.05) is 6.42 Å². The second-order valence-corrected chi connectivity index (χ2v) is 5.51. The lowest BCUT2D eigenvalue weighted by Crippen LogP contribution is -2.51. The van der Waals surface area contributed by atoms with E-state index < -0.39 is 29.6 Å². The third-order valence-corrected chi connectivity index (χ3v) is 3.64. The first-order chi connectivity index (χ1) is 10.8. The van der Waals surface area contributed by atoms with Gasteiger partial charge in [0.05, 0.1) is 5.56 Å². The molecule has 0 aromatic heterocycles. The lowest BCUT2D eigenvalue weighted by atomic mass is 9.90. The van der Waals surface area contributed by atoms with E-state index in [2.05, 4.69) is 11.8 Å². The summed E-state index contributed by atoms with van der Waals surface area (Å²) in [5.41, 5.74) is -1.67. The largest absolute Gasteiger partial charge is 0.459 e. The third-order valence-electron chi connectivity index (χ3n) is 3.64. The summed E-state index contributed by atoms with van der Waals surface area (Å²) in [7, 11) is 0. The maximum atomic E-state index is 11.9. The Bertz CT molecular complexity index is 615. The molecule has 0 bridgehead atoms. The highest BCUT2D eigenvalue weighted by atomic mass is 16.7. The number of aliphatic hydroxyl groups is 3. The Morgan fingerprint density at radius 2 is 2.00 bits per heavy atom. The molecule has 1 fully saturated rings. The highest BCUT2D eigenvalue weighted by molar-refractivity contribution is 5.89. The fraction of sp³-hybridized carbons (Fsp3) is 0.471. The molecule has 0 saturated carbocycles. The maximum Gasteiger partial charge on any atom is 0.338 e. The Hall–Kier alpha value is -1.91. The van der Waals surface area contributed by atoms with E-state index >= 15 is 0 Å². The van der Waals surface area contributed by atoms with Crippen molar-refractivity contribution in [3.63, 3.8) is 0 Å². The zero-order valence-corrected chi connectivity index (χ0v) is 13.0. The average Bonchev–Trinajstić information content (AvgIpc) is 2.72. The number of benzene rings is 1. The summed E-state index contributed by atoms with van der Waals surface area (Å²) in [6.07, 6.45) is -2.36. The number of carbonyl (C=O) groups is 1. The Kier molecular flexibility index (Phi) is 5.07. The van der Waals surface area contributed by atoms with Gasteiger partial charge in [0.2, 0.25) is 0 Å². The Labute approximate surface area is 134 Å². The van der Waals surface area contributed by atoms with Gasteiger partial charge in [-0.15, -0.1) is 5.92 Å². The van der Waals surface area contributed by atoms with Crippen LogP contribution in [0.5, 0.6) is 0 Å². The van der Waals surface area contributed by atoms with E-state index in [0.29, 0.717) is 12.0 Å². The van der Waals surface area contributed by atoms with Crippen molar-refractivity contribution < 1.29 is 29.6 Å². The summed E-state index contributed by atoms with van der Waals surface area (Å²) in [5.74, 6) is 2.58. The molecule has 1 aromatic carbocycles. The minimum Gasteiger partial charge on any atom is -0.459 e. The molecule has 4 atom stereocenters. The predicted molar refractivity (Wildman–Crippen MR) is 81.2 cm³/mol. The molecule has 0 radical (unpaired) electrons. The number of ether oxygens (including phenoxy) is 2. The molecule has 6 heteroatoms. The van der Waals surface area contributed by atoms with Crippen LogP contribution in [0.1, 0.15) is 30.6 Å². The molecule has 124 valence electrons. The second-order valence-electron chi connectivity index (χ2n) is 5.51. The number of aliphatic hydroxyl groups excluding tert-OH is 1. The fourth-order valence-corrected chi connectivity index (χ4v) is 2.38. The van der Waals surface area contributed by atoms with E-state index in [4.69, 9.17) is 9.47 Å². The highest BCUT2D eigenvalue weighted by Gasteiger charge is 2.60. The highest BCUT2D eigenvalue weighted by Crippen LogP contribution is 2.36. The van der Waals surface area contributed by atoms with Gasteiger partial charge in [-0.1, -0.05) is 31.0 Å². The SMILES string of the molecule is CCC#C[C@@]1(O)[C@@H](COC(=O)c2ccccc2)OC(C)(O)[C@@H]1O. The summed E-state index contributed by atoms with van der Waals surface area (Å²) in [5, 5.41) is 30.7. The minimum absolute atomic E-state index is 0.348. The molecule has 2 rings (SSSR count). The molecule has 6 nitrogen and oxygen atoms in total. The van der Waals surface area contributed by atoms with Gasteiger partial charge in [-0.3, -0.25) is 0 Å². The number of rotatable bonds is 3. The molecule has 1 heterocycles. The Morgan fingerprint density at radius 3 is 2.61 bits per heavy atom. The minimum atomic E-state index is -2.02. The number of hydrogen-bond acceptors (Lipinski definition) is 6. The lowest BCUT2D eigenvalue weighted by Gasteiger charge is -2.25. The van der Waals surface area contributed by atoms with Gasteiger partial charge in [-0.2, -0.15) is 0 Å². The molecular weight excluding hydrogens is 300 g/mol. The van der Waals surface area contributed by atoms with Crippen LogP contribution in [0, 0.1) is 11.8 Å². The molecule has 1 saturated heterocycles. The van der Waals surface area contributed by atoms with Crippen molar-refractivity contribution in [1.82, 2.24) is 0 Å². The first-order valence-electron chi connectivity index (χ1n) is 7.34. The van der Waals surface area contributed by atoms with Gasteiger partial charge in [0.1, 0.15) is 18.8 Å². The zero-order valence-electron chi connectivity index (χ0n) is 13.0. The van der Waals surface area contributed by atoms with Crippen molar-refractivity contribution in [2.24, 2.45) is 0 Å². The molecule has 0 spiro atoms. The van der Waals surface area contributed by atoms with Gasteiger partial charge in [-0.25, -0.2) is 4.79 Å². The molecule has 23 heavy (non-hydrogen) atoms. The molecule has 3 N–H and O–H groups in total. The van der Waals surface area contributed by atoms with Crippen molar-refractivity contribution >= 4 is 5.97 Å². The summed E-state index contributed by atoms with van der Waals surface area (Å²) in [4.78, 5) is 11.9. The van der Waals surface area contributed by atoms with Crippen molar-refractivity contribution in [3.05, 3.63) is 35.9 Å². The van der Waals surface area contributed by atoms with Crippen molar-refractivity contribution in [3.8, 4) is 11.8 Å². The summed E-state index contributed by atoms with van der Waals surface area (Å²) < 4.78 is 10.4. The predicted octanol–water partition coefficient (Wildman–Crippen LogP) is 0.456. The standard InChI is InChI=1S/C17H20O6/c1-3-4-10-17(21)13(23-16(2,20)15(17)19)11-22-14(18)12-8-6-5-7-9-12/h5-9,13,15,19-21H,3,11H2,1-2H3/t13-,15+,16?,17-/m1/s1. The molecule has 0 aliphatic carbocycles. The van der Waals surface area contributed by atoms with E-state index in [0.717, 1.165) is 0 Å². The Morgan fingerprint density at radius 1 is 1.35 bits per heavy atom. The van der Waals surface area contributed by atoms with Crippen LogP contribution < -0.4 is 0 Å². The fourth-order valence-electron chi connectivity index (χ4n) is 2.38. The summed E-state index contributed by atoms with van der Waals surface area (Å²) in [6, 6.07) is 8.34. The summed E-state index contributed by atoms with van der Waals surface area (Å²) in [6.45, 7) is 2.65. The van der Waals surface area contributed by atoms with Gasteiger partial charge in [0.15, 0.2) is 11.4 Å². The maximum absolute atomic E-state index is 11.9. The number of carbonyl (C=O) groups excluding carboxylic acids is 1. The number of esters is 1. The van der Waals surface area contributed by atoms with E-state index in [1.807, 2.05) is 0 Å². The van der Waals surface area contributed by atoms with Crippen LogP contribution in [0.15, 0.2) is 30.3 Å². The number of hydrogen-bond donors (Lipinski definition) is 3. The third kappa shape index (κ3) is 3.54. The quantitative estimate of drug-likeness (QED) is 0.553. The molecule has 1 aliphatic rings. The second kappa shape index (κ2) is 6.69. The molecule has 0 amide bonds. The van der Waals surface area contributed by atoms with Crippen LogP contribution in [-0.4, -0.2) is 51.5 Å². The van der Waals surface area contributed by atoms with Crippen LogP contribution in [0.2, 0.25) is 0 Å². The molecule has 1 aliphatic heterocycles. The molecule has 1 aromatic rings. The van der Waals surface area contributed by atoms with Crippen LogP contribution in [0.3, 0.4) is 0 Å². The molecule has 1 unspecified atom stereocenters. The van der Waals surface area contributed by atoms with Crippen LogP contribution >= 0.6 is 0 Å². The monoisotopic (exact) mass is 320 g/mol. The van der Waals surface area contributed by atoms with Gasteiger partial charge in [-0.05, 0) is 19.1 Å². The van der Waals surface area contributed by atoms with Gasteiger partial charge in [0.25, 0.3) is 0 Å². The van der Waals surface area contributed by atoms with Crippen molar-refractivity contribution in [1.29, 1.82) is 0 Å². The van der Waals surface area contributed by atoms with E-state index in [1.165, 1.54) is 6.92 Å². The zero-order chi connectivity index (χ0) is 17.1. The van der Waals surface area contributed by atoms with E-state index in [-0.39, 0.29) is 6.61 Å². The van der Waals surface area contributed by atoms with Gasteiger partial charge < -0.3 is 24.8 Å². The Balaban J connectivity index is 2.12. The van der Waals surface area contributed by atoms with Crippen molar-refractivity contribution in [2.45, 2.75) is 43.9 Å². The topological polar surface area (TPSA) is 96.2 Å². The molecular formula is C17H20O6. The van der Waals surface area contributed by atoms with Crippen LogP contribution in [-0.2, 0) is 9.47 Å². The first-order valence-corrected chi connectivity index (χ1v) is 7.34. The van der Waals surface area contributed by atoms with E-state index in [9.17, 15) is 20.1 Å². The lowest BCUT2D eigenvalue weighted by molar-refractivity contribution is -0.217. The first kappa shape index (κ1) is 17.4.